The van der Waals surface area contributed by atoms with Gasteiger partial charge in [0.05, 0.1) is 13.2 Å². The quantitative estimate of drug-likeness (QED) is 0.817. The molecule has 2 heterocycles. The summed E-state index contributed by atoms with van der Waals surface area (Å²) in [5.41, 5.74) is 0.319. The summed E-state index contributed by atoms with van der Waals surface area (Å²) in [6, 6.07) is 9.21. The molecule has 0 radical (unpaired) electrons. The summed E-state index contributed by atoms with van der Waals surface area (Å²) in [5, 5.41) is 0. The number of carbonyl (C=O) groups excluding carboxylic acids is 2. The van der Waals surface area contributed by atoms with Gasteiger partial charge in [0.25, 0.3) is 11.7 Å². The number of ether oxygens (including phenoxy) is 1. The Labute approximate surface area is 149 Å². The third kappa shape index (κ3) is 3.90. The van der Waals surface area contributed by atoms with Crippen molar-refractivity contribution < 1.29 is 27.5 Å². The Balaban J connectivity index is 1.92. The fourth-order valence-electron chi connectivity index (χ4n) is 3.21. The number of carbonyl (C=O) groups is 2. The van der Waals surface area contributed by atoms with E-state index in [9.17, 15) is 22.8 Å². The number of hydrogen-bond donors (Lipinski definition) is 0. The molecule has 0 atom stereocenters. The molecule has 0 N–H and O–H groups in total. The van der Waals surface area contributed by atoms with E-state index in [1.165, 1.54) is 4.90 Å². The fourth-order valence-corrected chi connectivity index (χ4v) is 3.21. The van der Waals surface area contributed by atoms with Crippen molar-refractivity contribution in [3.8, 4) is 0 Å². The molecule has 0 saturated carbocycles. The van der Waals surface area contributed by atoms with Crippen molar-refractivity contribution in [1.29, 1.82) is 0 Å². The predicted molar refractivity (Wildman–Crippen MR) is 87.0 cm³/mol. The number of halogens is 3. The van der Waals surface area contributed by atoms with Gasteiger partial charge in [0, 0.05) is 31.8 Å². The molecule has 2 aliphatic rings. The van der Waals surface area contributed by atoms with Gasteiger partial charge < -0.3 is 14.5 Å². The fraction of sp³-hybridized carbons (Fsp3) is 0.444. The van der Waals surface area contributed by atoms with Gasteiger partial charge in [-0.15, -0.1) is 0 Å². The number of ketones is 1. The Morgan fingerprint density at radius 3 is 2.35 bits per heavy atom. The van der Waals surface area contributed by atoms with Crippen LogP contribution in [0.4, 0.5) is 13.2 Å². The summed E-state index contributed by atoms with van der Waals surface area (Å²) in [6.45, 7) is 1.56. The zero-order chi connectivity index (χ0) is 18.7. The van der Waals surface area contributed by atoms with Crippen LogP contribution in [-0.2, 0) is 20.9 Å². The van der Waals surface area contributed by atoms with E-state index >= 15 is 0 Å². The van der Waals surface area contributed by atoms with E-state index in [1.54, 1.807) is 4.90 Å². The molecule has 1 aromatic carbocycles. The maximum Gasteiger partial charge on any atom is 0.454 e. The molecule has 0 spiro atoms. The van der Waals surface area contributed by atoms with Gasteiger partial charge in [-0.05, 0) is 12.0 Å². The molecule has 1 saturated heterocycles. The molecule has 140 valence electrons. The van der Waals surface area contributed by atoms with Crippen LogP contribution in [0.5, 0.6) is 0 Å². The Kier molecular flexibility index (Phi) is 5.31. The summed E-state index contributed by atoms with van der Waals surface area (Å²) in [7, 11) is 0. The largest absolute Gasteiger partial charge is 0.454 e. The number of morpholine rings is 1. The van der Waals surface area contributed by atoms with Gasteiger partial charge in [-0.3, -0.25) is 9.59 Å². The van der Waals surface area contributed by atoms with E-state index in [1.807, 2.05) is 30.3 Å². The SMILES string of the molecule is O=C1C(N2CCOCC2)=C(C(=O)C(F)(F)F)CCN1Cc1ccccc1. The average molecular weight is 368 g/mol. The van der Waals surface area contributed by atoms with Gasteiger partial charge >= 0.3 is 6.18 Å². The molecule has 26 heavy (non-hydrogen) atoms. The summed E-state index contributed by atoms with van der Waals surface area (Å²) >= 11 is 0. The van der Waals surface area contributed by atoms with Gasteiger partial charge in [-0.1, -0.05) is 30.3 Å². The van der Waals surface area contributed by atoms with Crippen molar-refractivity contribution in [2.24, 2.45) is 0 Å². The third-order valence-electron chi connectivity index (χ3n) is 4.48. The average Bonchev–Trinajstić information content (AvgIpc) is 2.63. The molecule has 8 heteroatoms. The Bertz CT molecular complexity index is 710. The lowest BCUT2D eigenvalue weighted by molar-refractivity contribution is -0.167. The highest BCUT2D eigenvalue weighted by atomic mass is 19.4. The highest BCUT2D eigenvalue weighted by Crippen LogP contribution is 2.30. The van der Waals surface area contributed by atoms with Crippen LogP contribution >= 0.6 is 0 Å². The molecule has 0 bridgehead atoms. The number of hydrogen-bond acceptors (Lipinski definition) is 4. The van der Waals surface area contributed by atoms with Crippen molar-refractivity contribution in [3.05, 3.63) is 47.2 Å². The first-order valence-electron chi connectivity index (χ1n) is 8.38. The van der Waals surface area contributed by atoms with Crippen LogP contribution in [0.15, 0.2) is 41.6 Å². The first-order valence-corrected chi connectivity index (χ1v) is 8.38. The van der Waals surface area contributed by atoms with E-state index in [0.717, 1.165) is 5.56 Å². The highest BCUT2D eigenvalue weighted by molar-refractivity contribution is 6.08. The Hall–Kier alpha value is -2.35. The number of rotatable bonds is 4. The zero-order valence-electron chi connectivity index (χ0n) is 14.1. The number of benzene rings is 1. The van der Waals surface area contributed by atoms with Crippen molar-refractivity contribution in [3.63, 3.8) is 0 Å². The maximum atomic E-state index is 13.0. The van der Waals surface area contributed by atoms with Gasteiger partial charge in [-0.25, -0.2) is 0 Å². The number of alkyl halides is 3. The first-order chi connectivity index (χ1) is 12.4. The van der Waals surface area contributed by atoms with Crippen molar-refractivity contribution in [1.82, 2.24) is 9.80 Å². The molecule has 3 rings (SSSR count). The molecule has 2 aliphatic heterocycles. The van der Waals surface area contributed by atoms with Crippen LogP contribution in [0.25, 0.3) is 0 Å². The van der Waals surface area contributed by atoms with Crippen LogP contribution in [0.2, 0.25) is 0 Å². The summed E-state index contributed by atoms with van der Waals surface area (Å²) in [6.07, 6.45) is -5.10. The van der Waals surface area contributed by atoms with Crippen molar-refractivity contribution in [2.45, 2.75) is 19.1 Å². The Morgan fingerprint density at radius 2 is 1.73 bits per heavy atom. The predicted octanol–water partition coefficient (Wildman–Crippen LogP) is 2.14. The second-order valence-electron chi connectivity index (χ2n) is 6.22. The summed E-state index contributed by atoms with van der Waals surface area (Å²) < 4.78 is 44.2. The van der Waals surface area contributed by atoms with E-state index in [0.29, 0.717) is 19.8 Å². The van der Waals surface area contributed by atoms with Gasteiger partial charge in [0.1, 0.15) is 5.70 Å². The molecule has 1 amide bonds. The van der Waals surface area contributed by atoms with Crippen molar-refractivity contribution >= 4 is 11.7 Å². The molecular formula is C18H19F3N2O3. The molecule has 1 aromatic rings. The second kappa shape index (κ2) is 7.49. The summed E-state index contributed by atoms with van der Waals surface area (Å²) in [4.78, 5) is 27.8. The minimum absolute atomic E-state index is 0.0821. The van der Waals surface area contributed by atoms with Crippen LogP contribution in [0, 0.1) is 0 Å². The summed E-state index contributed by atoms with van der Waals surface area (Å²) in [5.74, 6) is -2.46. The molecule has 0 aromatic heterocycles. The normalized spacial score (nSPS) is 19.1. The van der Waals surface area contributed by atoms with Crippen molar-refractivity contribution in [2.75, 3.05) is 32.8 Å². The standard InChI is InChI=1S/C18H19F3N2O3/c19-18(20,21)16(24)14-6-7-23(12-13-4-2-1-3-5-13)17(25)15(14)22-8-10-26-11-9-22/h1-5H,6-12H2. The van der Waals surface area contributed by atoms with Gasteiger partial charge in [0.15, 0.2) is 0 Å². The molecule has 0 unspecified atom stereocenters. The molecule has 1 fully saturated rings. The lowest BCUT2D eigenvalue weighted by atomic mass is 9.98. The molecule has 0 aliphatic carbocycles. The highest BCUT2D eigenvalue weighted by Gasteiger charge is 2.45. The number of amides is 1. The first kappa shape index (κ1) is 18.4. The minimum atomic E-state index is -4.99. The van der Waals surface area contributed by atoms with Crippen LogP contribution in [-0.4, -0.2) is 60.5 Å². The van der Waals surface area contributed by atoms with E-state index < -0.39 is 23.4 Å². The van der Waals surface area contributed by atoms with Crippen LogP contribution < -0.4 is 0 Å². The van der Waals surface area contributed by atoms with Gasteiger partial charge in [-0.2, -0.15) is 13.2 Å². The lowest BCUT2D eigenvalue weighted by Crippen LogP contribution is -2.48. The maximum absolute atomic E-state index is 13.0. The molecular weight excluding hydrogens is 349 g/mol. The third-order valence-corrected chi connectivity index (χ3v) is 4.48. The van der Waals surface area contributed by atoms with Crippen LogP contribution in [0.3, 0.4) is 0 Å². The zero-order valence-corrected chi connectivity index (χ0v) is 14.1. The van der Waals surface area contributed by atoms with E-state index in [-0.39, 0.29) is 31.8 Å². The van der Waals surface area contributed by atoms with E-state index in [2.05, 4.69) is 0 Å². The second-order valence-corrected chi connectivity index (χ2v) is 6.22. The topological polar surface area (TPSA) is 49.9 Å². The molecule has 5 nitrogen and oxygen atoms in total. The smallest absolute Gasteiger partial charge is 0.378 e. The lowest BCUT2D eigenvalue weighted by Gasteiger charge is -2.37. The van der Waals surface area contributed by atoms with Crippen LogP contribution in [0.1, 0.15) is 12.0 Å². The minimum Gasteiger partial charge on any atom is -0.378 e. The number of nitrogens with zero attached hydrogens (tertiary/aromatic N) is 2. The Morgan fingerprint density at radius 1 is 1.08 bits per heavy atom. The van der Waals surface area contributed by atoms with E-state index in [4.69, 9.17) is 4.74 Å². The van der Waals surface area contributed by atoms with Gasteiger partial charge in [0.2, 0.25) is 0 Å². The number of Topliss-reactive ketones (excluding diaryl/α,β-unsaturated/α-hetero) is 1. The monoisotopic (exact) mass is 368 g/mol.